The summed E-state index contributed by atoms with van der Waals surface area (Å²) < 4.78 is 1.01. The second-order valence-electron chi connectivity index (χ2n) is 4.90. The van der Waals surface area contributed by atoms with E-state index in [9.17, 15) is 4.79 Å². The van der Waals surface area contributed by atoms with Gasteiger partial charge in [-0.1, -0.05) is 40.2 Å². The predicted octanol–water partition coefficient (Wildman–Crippen LogP) is 3.82. The van der Waals surface area contributed by atoms with Crippen molar-refractivity contribution in [2.75, 3.05) is 11.9 Å². The molecule has 2 aromatic rings. The highest BCUT2D eigenvalue weighted by atomic mass is 79.9. The molecule has 0 saturated carbocycles. The molecule has 2 N–H and O–H groups in total. The number of carbonyl (C=O) groups excluding carboxylic acids is 1. The molecule has 0 aliphatic carbocycles. The van der Waals surface area contributed by atoms with Crippen molar-refractivity contribution in [3.63, 3.8) is 0 Å². The summed E-state index contributed by atoms with van der Waals surface area (Å²) in [5, 5.41) is 6.21. The van der Waals surface area contributed by atoms with Crippen LogP contribution < -0.4 is 10.6 Å². The maximum Gasteiger partial charge on any atom is 0.251 e. The zero-order chi connectivity index (χ0) is 14.7. The van der Waals surface area contributed by atoms with Crippen molar-refractivity contribution < 1.29 is 4.79 Å². The van der Waals surface area contributed by atoms with E-state index < -0.39 is 0 Å². The Labute approximate surface area is 132 Å². The topological polar surface area (TPSA) is 41.1 Å². The fraction of sp³-hybridized carbons (Fsp3) is 0.118. The van der Waals surface area contributed by atoms with Crippen molar-refractivity contribution in [2.24, 2.45) is 0 Å². The maximum atomic E-state index is 12.2. The fourth-order valence-corrected chi connectivity index (χ4v) is 2.74. The van der Waals surface area contributed by atoms with Crippen molar-refractivity contribution in [1.29, 1.82) is 0 Å². The van der Waals surface area contributed by atoms with Gasteiger partial charge in [0, 0.05) is 28.8 Å². The smallest absolute Gasteiger partial charge is 0.251 e. The van der Waals surface area contributed by atoms with Crippen molar-refractivity contribution in [3.8, 4) is 0 Å². The largest absolute Gasteiger partial charge is 0.381 e. The van der Waals surface area contributed by atoms with Crippen LogP contribution in [0, 0.1) is 0 Å². The van der Waals surface area contributed by atoms with Crippen LogP contribution in [-0.2, 0) is 6.54 Å². The first kappa shape index (κ1) is 13.9. The molecular formula is C17H15BrN2O. The highest BCUT2D eigenvalue weighted by molar-refractivity contribution is 9.10. The predicted molar refractivity (Wildman–Crippen MR) is 89.3 cm³/mol. The van der Waals surface area contributed by atoms with E-state index in [-0.39, 0.29) is 5.91 Å². The van der Waals surface area contributed by atoms with E-state index in [1.54, 1.807) is 0 Å². The summed E-state index contributed by atoms with van der Waals surface area (Å²) in [5.74, 6) is -0.0586. The number of anilines is 1. The molecule has 21 heavy (non-hydrogen) atoms. The molecule has 1 heterocycles. The van der Waals surface area contributed by atoms with Gasteiger partial charge in [-0.3, -0.25) is 4.79 Å². The van der Waals surface area contributed by atoms with Crippen LogP contribution in [-0.4, -0.2) is 12.5 Å². The van der Waals surface area contributed by atoms with Crippen LogP contribution in [0.25, 0.3) is 6.08 Å². The Kier molecular flexibility index (Phi) is 4.06. The van der Waals surface area contributed by atoms with Gasteiger partial charge in [0.25, 0.3) is 5.91 Å². The zero-order valence-electron chi connectivity index (χ0n) is 11.4. The number of benzene rings is 2. The summed E-state index contributed by atoms with van der Waals surface area (Å²) in [6.45, 7) is 1.35. The molecule has 0 aromatic heterocycles. The lowest BCUT2D eigenvalue weighted by molar-refractivity contribution is 0.0951. The SMILES string of the molecule is O=C(NCc1cccc(Br)c1)c1ccc2c(c1)C=CCN2. The van der Waals surface area contributed by atoms with Crippen LogP contribution in [0.3, 0.4) is 0 Å². The minimum Gasteiger partial charge on any atom is -0.381 e. The van der Waals surface area contributed by atoms with E-state index >= 15 is 0 Å². The van der Waals surface area contributed by atoms with Crippen LogP contribution in [0.4, 0.5) is 5.69 Å². The lowest BCUT2D eigenvalue weighted by Crippen LogP contribution is -2.23. The molecule has 3 nitrogen and oxygen atoms in total. The Morgan fingerprint density at radius 3 is 3.00 bits per heavy atom. The van der Waals surface area contributed by atoms with E-state index in [0.717, 1.165) is 27.8 Å². The van der Waals surface area contributed by atoms with Crippen LogP contribution in [0.5, 0.6) is 0 Å². The Morgan fingerprint density at radius 2 is 2.14 bits per heavy atom. The van der Waals surface area contributed by atoms with Gasteiger partial charge in [-0.15, -0.1) is 0 Å². The molecule has 2 aromatic carbocycles. The number of rotatable bonds is 3. The Balaban J connectivity index is 1.70. The molecule has 0 bridgehead atoms. The second-order valence-corrected chi connectivity index (χ2v) is 5.81. The molecule has 0 atom stereocenters. The number of hydrogen-bond acceptors (Lipinski definition) is 2. The molecule has 0 fully saturated rings. The standard InChI is InChI=1S/C17H15BrN2O/c18-15-5-1-3-12(9-15)11-20-17(21)14-6-7-16-13(10-14)4-2-8-19-16/h1-7,9-10,19H,8,11H2,(H,20,21). The number of nitrogens with one attached hydrogen (secondary N) is 2. The molecule has 0 saturated heterocycles. The second kappa shape index (κ2) is 6.14. The summed E-state index contributed by atoms with van der Waals surface area (Å²) >= 11 is 3.43. The molecule has 0 radical (unpaired) electrons. The Bertz CT molecular complexity index is 710. The summed E-state index contributed by atoms with van der Waals surface area (Å²) in [4.78, 5) is 12.2. The van der Waals surface area contributed by atoms with Crippen molar-refractivity contribution in [2.45, 2.75) is 6.54 Å². The van der Waals surface area contributed by atoms with Gasteiger partial charge < -0.3 is 10.6 Å². The van der Waals surface area contributed by atoms with Gasteiger partial charge in [0.15, 0.2) is 0 Å². The summed E-state index contributed by atoms with van der Waals surface area (Å²) in [7, 11) is 0. The first-order chi connectivity index (χ1) is 10.2. The van der Waals surface area contributed by atoms with Gasteiger partial charge in [0.1, 0.15) is 0 Å². The molecule has 4 heteroatoms. The zero-order valence-corrected chi connectivity index (χ0v) is 13.0. The quantitative estimate of drug-likeness (QED) is 0.890. The average Bonchev–Trinajstić information content (AvgIpc) is 2.52. The van der Waals surface area contributed by atoms with E-state index in [2.05, 4.69) is 26.6 Å². The third-order valence-corrected chi connectivity index (χ3v) is 3.86. The number of fused-ring (bicyclic) bond motifs is 1. The number of hydrogen-bond donors (Lipinski definition) is 2. The number of halogens is 1. The van der Waals surface area contributed by atoms with E-state index in [4.69, 9.17) is 0 Å². The van der Waals surface area contributed by atoms with Gasteiger partial charge in [0.2, 0.25) is 0 Å². The number of amides is 1. The molecule has 0 unspecified atom stereocenters. The van der Waals surface area contributed by atoms with Crippen LogP contribution >= 0.6 is 15.9 Å². The van der Waals surface area contributed by atoms with Gasteiger partial charge in [0.05, 0.1) is 0 Å². The fourth-order valence-electron chi connectivity index (χ4n) is 2.29. The number of carbonyl (C=O) groups is 1. The van der Waals surface area contributed by atoms with Gasteiger partial charge in [-0.2, -0.15) is 0 Å². The van der Waals surface area contributed by atoms with Gasteiger partial charge in [-0.05, 0) is 41.5 Å². The first-order valence-corrected chi connectivity index (χ1v) is 7.59. The monoisotopic (exact) mass is 342 g/mol. The molecule has 1 aliphatic heterocycles. The molecule has 106 valence electrons. The van der Waals surface area contributed by atoms with Crippen LogP contribution in [0.15, 0.2) is 53.0 Å². The van der Waals surface area contributed by atoms with Crippen LogP contribution in [0.1, 0.15) is 21.5 Å². The maximum absolute atomic E-state index is 12.2. The summed E-state index contributed by atoms with van der Waals surface area (Å²) in [5.41, 5.74) is 3.87. The minimum atomic E-state index is -0.0586. The van der Waals surface area contributed by atoms with Crippen molar-refractivity contribution >= 4 is 33.6 Å². The summed E-state index contributed by atoms with van der Waals surface area (Å²) in [6.07, 6.45) is 4.09. The molecule has 1 aliphatic rings. The van der Waals surface area contributed by atoms with E-state index in [0.29, 0.717) is 12.1 Å². The molecule has 0 spiro atoms. The third kappa shape index (κ3) is 3.34. The molecule has 3 rings (SSSR count). The highest BCUT2D eigenvalue weighted by Crippen LogP contribution is 2.22. The van der Waals surface area contributed by atoms with E-state index in [1.165, 1.54) is 0 Å². The third-order valence-electron chi connectivity index (χ3n) is 3.36. The van der Waals surface area contributed by atoms with Gasteiger partial charge >= 0.3 is 0 Å². The van der Waals surface area contributed by atoms with E-state index in [1.807, 2.05) is 54.6 Å². The highest BCUT2D eigenvalue weighted by Gasteiger charge is 2.09. The van der Waals surface area contributed by atoms with Crippen LogP contribution in [0.2, 0.25) is 0 Å². The normalized spacial score (nSPS) is 12.4. The first-order valence-electron chi connectivity index (χ1n) is 6.79. The molecular weight excluding hydrogens is 328 g/mol. The Hall–Kier alpha value is -2.07. The molecule has 1 amide bonds. The van der Waals surface area contributed by atoms with Crippen molar-refractivity contribution in [1.82, 2.24) is 5.32 Å². The van der Waals surface area contributed by atoms with Crippen molar-refractivity contribution in [3.05, 3.63) is 69.7 Å². The average molecular weight is 343 g/mol. The minimum absolute atomic E-state index is 0.0586. The van der Waals surface area contributed by atoms with Gasteiger partial charge in [-0.25, -0.2) is 0 Å². The Morgan fingerprint density at radius 1 is 1.24 bits per heavy atom. The summed E-state index contributed by atoms with van der Waals surface area (Å²) in [6, 6.07) is 13.6. The lowest BCUT2D eigenvalue weighted by Gasteiger charge is -2.14. The lowest BCUT2D eigenvalue weighted by atomic mass is 10.1.